The van der Waals surface area contributed by atoms with Gasteiger partial charge in [0, 0.05) is 18.7 Å². The third-order valence-electron chi connectivity index (χ3n) is 4.86. The second-order valence-corrected chi connectivity index (χ2v) is 8.97. The quantitative estimate of drug-likeness (QED) is 0.427. The Hall–Kier alpha value is -3.50. The number of hydrogen-bond donors (Lipinski definition) is 2. The molecule has 2 N–H and O–H groups in total. The molecule has 34 heavy (non-hydrogen) atoms. The van der Waals surface area contributed by atoms with Crippen LogP contribution in [0.15, 0.2) is 77.7 Å². The molecular weight excluding hydrogens is 466 g/mol. The van der Waals surface area contributed by atoms with Crippen molar-refractivity contribution in [3.8, 4) is 11.5 Å². The van der Waals surface area contributed by atoms with Crippen LogP contribution in [0.1, 0.15) is 21.5 Å². The van der Waals surface area contributed by atoms with Gasteiger partial charge in [0.05, 0.1) is 12.0 Å². The molecule has 180 valence electrons. The zero-order valence-electron chi connectivity index (χ0n) is 18.3. The molecule has 0 unspecified atom stereocenters. The molecule has 0 aliphatic carbocycles. The number of sulfonamides is 1. The fourth-order valence-electron chi connectivity index (χ4n) is 3.15. The van der Waals surface area contributed by atoms with Gasteiger partial charge in [-0.25, -0.2) is 13.1 Å². The number of ether oxygens (including phenoxy) is 2. The van der Waals surface area contributed by atoms with Crippen LogP contribution in [0, 0.1) is 0 Å². The summed E-state index contributed by atoms with van der Waals surface area (Å²) in [5, 5.41) is 2.70. The molecule has 0 saturated carbocycles. The van der Waals surface area contributed by atoms with Gasteiger partial charge in [-0.05, 0) is 47.9 Å². The first-order valence-electron chi connectivity index (χ1n) is 10.3. The molecule has 7 nitrogen and oxygen atoms in total. The van der Waals surface area contributed by atoms with E-state index in [4.69, 9.17) is 4.74 Å². The van der Waals surface area contributed by atoms with E-state index in [0.29, 0.717) is 12.0 Å². The second-order valence-electron chi connectivity index (χ2n) is 7.21. The first-order valence-corrected chi connectivity index (χ1v) is 11.8. The first kappa shape index (κ1) is 25.1. The molecule has 1 amide bonds. The molecule has 0 heterocycles. The Kier molecular flexibility index (Phi) is 8.55. The summed E-state index contributed by atoms with van der Waals surface area (Å²) in [5.41, 5.74) is 1.64. The van der Waals surface area contributed by atoms with Crippen molar-refractivity contribution >= 4 is 15.9 Å². The van der Waals surface area contributed by atoms with Gasteiger partial charge >= 0.3 is 6.61 Å². The highest BCUT2D eigenvalue weighted by Gasteiger charge is 2.16. The number of carbonyl (C=O) groups is 1. The Labute approximate surface area is 196 Å². The van der Waals surface area contributed by atoms with Crippen molar-refractivity contribution in [2.24, 2.45) is 0 Å². The lowest BCUT2D eigenvalue weighted by molar-refractivity contribution is -0.0512. The zero-order chi connectivity index (χ0) is 24.6. The molecule has 0 aliphatic rings. The average molecular weight is 491 g/mol. The highest BCUT2D eigenvalue weighted by atomic mass is 32.2. The Balaban J connectivity index is 1.60. The highest BCUT2D eigenvalue weighted by molar-refractivity contribution is 7.89. The van der Waals surface area contributed by atoms with Gasteiger partial charge in [0.15, 0.2) is 11.5 Å². The van der Waals surface area contributed by atoms with Crippen LogP contribution in [-0.4, -0.2) is 34.6 Å². The number of alkyl halides is 2. The number of rotatable bonds is 11. The SMILES string of the molecule is COc1ccc(CCNC(=O)c2cccc(S(=O)(=O)NCc3ccccc3)c2)cc1OC(F)F. The lowest BCUT2D eigenvalue weighted by Gasteiger charge is -2.12. The van der Waals surface area contributed by atoms with Crippen LogP contribution in [-0.2, 0) is 23.0 Å². The summed E-state index contributed by atoms with van der Waals surface area (Å²) in [4.78, 5) is 12.5. The largest absolute Gasteiger partial charge is 0.493 e. The van der Waals surface area contributed by atoms with Crippen molar-refractivity contribution in [3.63, 3.8) is 0 Å². The molecule has 0 atom stereocenters. The van der Waals surface area contributed by atoms with Crippen LogP contribution < -0.4 is 19.5 Å². The van der Waals surface area contributed by atoms with Crippen LogP contribution in [0.4, 0.5) is 8.78 Å². The van der Waals surface area contributed by atoms with E-state index >= 15 is 0 Å². The standard InChI is InChI=1S/C24H24F2N2O5S/c1-32-21-11-10-17(14-22(21)33-24(25)26)12-13-27-23(29)19-8-5-9-20(15-19)34(30,31)28-16-18-6-3-2-4-7-18/h2-11,14-15,24,28H,12-13,16H2,1H3,(H,27,29). The summed E-state index contributed by atoms with van der Waals surface area (Å²) in [5.74, 6) is -0.383. The smallest absolute Gasteiger partial charge is 0.387 e. The van der Waals surface area contributed by atoms with E-state index in [1.807, 2.05) is 18.2 Å². The van der Waals surface area contributed by atoms with E-state index in [0.717, 1.165) is 5.56 Å². The van der Waals surface area contributed by atoms with Crippen LogP contribution in [0.2, 0.25) is 0 Å². The highest BCUT2D eigenvalue weighted by Crippen LogP contribution is 2.29. The molecule has 0 aromatic heterocycles. The summed E-state index contributed by atoms with van der Waals surface area (Å²) in [6.45, 7) is -2.67. The zero-order valence-corrected chi connectivity index (χ0v) is 19.1. The summed E-state index contributed by atoms with van der Waals surface area (Å²) < 4.78 is 62.4. The van der Waals surface area contributed by atoms with Gasteiger partial charge in [0.2, 0.25) is 10.0 Å². The minimum absolute atomic E-state index is 0.0278. The molecular formula is C24H24F2N2O5S. The second kappa shape index (κ2) is 11.6. The number of carbonyl (C=O) groups excluding carboxylic acids is 1. The van der Waals surface area contributed by atoms with Crippen molar-refractivity contribution < 1.29 is 31.5 Å². The van der Waals surface area contributed by atoms with Gasteiger partial charge in [0.1, 0.15) is 0 Å². The Morgan fingerprint density at radius 3 is 2.41 bits per heavy atom. The lowest BCUT2D eigenvalue weighted by atomic mass is 10.1. The first-order chi connectivity index (χ1) is 16.3. The lowest BCUT2D eigenvalue weighted by Crippen LogP contribution is -2.27. The minimum atomic E-state index is -3.82. The van der Waals surface area contributed by atoms with E-state index < -0.39 is 22.5 Å². The minimum Gasteiger partial charge on any atom is -0.493 e. The van der Waals surface area contributed by atoms with E-state index in [2.05, 4.69) is 14.8 Å². The molecule has 0 fully saturated rings. The summed E-state index contributed by atoms with van der Waals surface area (Å²) in [6.07, 6.45) is 0.339. The molecule has 3 aromatic carbocycles. The average Bonchev–Trinajstić information content (AvgIpc) is 2.83. The molecule has 3 rings (SSSR count). The van der Waals surface area contributed by atoms with Gasteiger partial charge < -0.3 is 14.8 Å². The molecule has 0 spiro atoms. The number of halogens is 2. The third kappa shape index (κ3) is 7.00. The van der Waals surface area contributed by atoms with Gasteiger partial charge in [0.25, 0.3) is 5.91 Å². The third-order valence-corrected chi connectivity index (χ3v) is 6.26. The molecule has 0 bridgehead atoms. The predicted molar refractivity (Wildman–Crippen MR) is 123 cm³/mol. The topological polar surface area (TPSA) is 93.7 Å². The van der Waals surface area contributed by atoms with Crippen molar-refractivity contribution in [1.29, 1.82) is 0 Å². The maximum Gasteiger partial charge on any atom is 0.387 e. The van der Waals surface area contributed by atoms with Gasteiger partial charge in [-0.3, -0.25) is 4.79 Å². The van der Waals surface area contributed by atoms with Crippen molar-refractivity contribution in [1.82, 2.24) is 10.0 Å². The molecule has 3 aromatic rings. The van der Waals surface area contributed by atoms with Gasteiger partial charge in [-0.1, -0.05) is 42.5 Å². The van der Waals surface area contributed by atoms with E-state index in [-0.39, 0.29) is 35.0 Å². The maximum absolute atomic E-state index is 12.6. The van der Waals surface area contributed by atoms with E-state index in [9.17, 15) is 22.0 Å². The number of amides is 1. The van der Waals surface area contributed by atoms with Crippen LogP contribution in [0.5, 0.6) is 11.5 Å². The van der Waals surface area contributed by atoms with Crippen LogP contribution in [0.3, 0.4) is 0 Å². The molecule has 0 radical (unpaired) electrons. The van der Waals surface area contributed by atoms with Crippen molar-refractivity contribution in [2.45, 2.75) is 24.5 Å². The molecule has 0 saturated heterocycles. The predicted octanol–water partition coefficient (Wildman–Crippen LogP) is 3.75. The summed E-state index contributed by atoms with van der Waals surface area (Å²) in [6, 6.07) is 19.4. The number of benzene rings is 3. The Morgan fingerprint density at radius 1 is 0.941 bits per heavy atom. The summed E-state index contributed by atoms with van der Waals surface area (Å²) >= 11 is 0. The Morgan fingerprint density at radius 2 is 1.71 bits per heavy atom. The van der Waals surface area contributed by atoms with Crippen molar-refractivity contribution in [3.05, 3.63) is 89.5 Å². The fourth-order valence-corrected chi connectivity index (χ4v) is 4.21. The number of methoxy groups -OCH3 is 1. The fraction of sp³-hybridized carbons (Fsp3) is 0.208. The van der Waals surface area contributed by atoms with Gasteiger partial charge in [-0.15, -0.1) is 0 Å². The monoisotopic (exact) mass is 490 g/mol. The number of nitrogens with one attached hydrogen (secondary N) is 2. The van der Waals surface area contributed by atoms with Crippen LogP contribution >= 0.6 is 0 Å². The number of hydrogen-bond acceptors (Lipinski definition) is 5. The maximum atomic E-state index is 12.6. The molecule has 10 heteroatoms. The normalized spacial score (nSPS) is 11.3. The Bertz CT molecular complexity index is 1220. The molecule has 0 aliphatic heterocycles. The van der Waals surface area contributed by atoms with Crippen molar-refractivity contribution in [2.75, 3.05) is 13.7 Å². The van der Waals surface area contributed by atoms with Gasteiger partial charge in [-0.2, -0.15) is 8.78 Å². The van der Waals surface area contributed by atoms with Crippen LogP contribution in [0.25, 0.3) is 0 Å². The summed E-state index contributed by atoms with van der Waals surface area (Å²) in [7, 11) is -2.47. The van der Waals surface area contributed by atoms with E-state index in [1.54, 1.807) is 18.2 Å². The van der Waals surface area contributed by atoms with E-state index in [1.165, 1.54) is 43.5 Å².